The summed E-state index contributed by atoms with van der Waals surface area (Å²) in [6.07, 6.45) is 2.65. The van der Waals surface area contributed by atoms with Crippen LogP contribution in [0.1, 0.15) is 44.6 Å². The zero-order valence-corrected chi connectivity index (χ0v) is 10.8. The van der Waals surface area contributed by atoms with Crippen LogP contribution in [-0.4, -0.2) is 12.9 Å². The van der Waals surface area contributed by atoms with E-state index in [0.29, 0.717) is 12.2 Å². The zero-order valence-electron chi connectivity index (χ0n) is 10.8. The predicted molar refractivity (Wildman–Crippen MR) is 68.4 cm³/mol. The monoisotopic (exact) mass is 232 g/mol. The highest BCUT2D eigenvalue weighted by molar-refractivity contribution is 5.86. The van der Waals surface area contributed by atoms with Crippen LogP contribution in [0.4, 0.5) is 0 Å². The van der Waals surface area contributed by atoms with Gasteiger partial charge in [0, 0.05) is 12.3 Å². The molecule has 1 aromatic rings. The van der Waals surface area contributed by atoms with Crippen LogP contribution in [0.3, 0.4) is 0 Å². The van der Waals surface area contributed by atoms with Crippen molar-refractivity contribution < 1.29 is 9.53 Å². The smallest absolute Gasteiger partial charge is 0.140 e. The summed E-state index contributed by atoms with van der Waals surface area (Å²) in [6, 6.07) is 7.90. The summed E-state index contributed by atoms with van der Waals surface area (Å²) in [4.78, 5) is 12.0. The van der Waals surface area contributed by atoms with Gasteiger partial charge in [0.15, 0.2) is 0 Å². The summed E-state index contributed by atoms with van der Waals surface area (Å²) in [5.41, 5.74) is 1.36. The number of rotatable bonds is 2. The van der Waals surface area contributed by atoms with Crippen LogP contribution in [0, 0.1) is 5.41 Å². The van der Waals surface area contributed by atoms with Crippen molar-refractivity contribution in [2.45, 2.75) is 39.0 Å². The number of Topliss-reactive ketones (excluding diaryl/α,β-unsaturated/α-hetero) is 1. The molecule has 92 valence electrons. The van der Waals surface area contributed by atoms with Crippen molar-refractivity contribution in [1.82, 2.24) is 0 Å². The highest BCUT2D eigenvalue weighted by atomic mass is 16.5. The molecule has 0 aromatic heterocycles. The number of benzene rings is 1. The highest BCUT2D eigenvalue weighted by Gasteiger charge is 2.34. The van der Waals surface area contributed by atoms with Gasteiger partial charge in [0.1, 0.15) is 11.5 Å². The Kier molecular flexibility index (Phi) is 3.23. The van der Waals surface area contributed by atoms with Crippen LogP contribution in [-0.2, 0) is 4.79 Å². The lowest BCUT2D eigenvalue weighted by Gasteiger charge is -2.34. The fourth-order valence-corrected chi connectivity index (χ4v) is 2.57. The highest BCUT2D eigenvalue weighted by Crippen LogP contribution is 2.41. The molecular weight excluding hydrogens is 212 g/mol. The molecule has 2 heteroatoms. The van der Waals surface area contributed by atoms with E-state index in [1.165, 1.54) is 0 Å². The average Bonchev–Trinajstić information content (AvgIpc) is 2.32. The van der Waals surface area contributed by atoms with E-state index in [1.54, 1.807) is 7.11 Å². The first-order chi connectivity index (χ1) is 8.02. The van der Waals surface area contributed by atoms with E-state index in [9.17, 15) is 4.79 Å². The number of ether oxygens (including phenoxy) is 1. The molecule has 1 saturated carbocycles. The van der Waals surface area contributed by atoms with Gasteiger partial charge in [-0.25, -0.2) is 0 Å². The molecule has 0 aliphatic heterocycles. The minimum Gasteiger partial charge on any atom is -0.497 e. The molecule has 17 heavy (non-hydrogen) atoms. The number of hydrogen-bond donors (Lipinski definition) is 0. The van der Waals surface area contributed by atoms with Gasteiger partial charge >= 0.3 is 0 Å². The van der Waals surface area contributed by atoms with E-state index < -0.39 is 0 Å². The molecule has 1 fully saturated rings. The Morgan fingerprint density at radius 2 is 2.12 bits per heavy atom. The van der Waals surface area contributed by atoms with Crippen molar-refractivity contribution in [3.8, 4) is 5.75 Å². The summed E-state index contributed by atoms with van der Waals surface area (Å²) in [5, 5.41) is 0. The number of carbonyl (C=O) groups is 1. The number of methoxy groups -OCH3 is 1. The first-order valence-corrected chi connectivity index (χ1v) is 6.18. The third kappa shape index (κ3) is 2.68. The van der Waals surface area contributed by atoms with Crippen LogP contribution in [0.25, 0.3) is 0 Å². The van der Waals surface area contributed by atoms with Crippen molar-refractivity contribution in [3.63, 3.8) is 0 Å². The van der Waals surface area contributed by atoms with Gasteiger partial charge in [-0.3, -0.25) is 4.79 Å². The molecule has 0 radical (unpaired) electrons. The lowest BCUT2D eigenvalue weighted by Crippen LogP contribution is -2.28. The molecule has 2 nitrogen and oxygen atoms in total. The van der Waals surface area contributed by atoms with Gasteiger partial charge in [0.2, 0.25) is 0 Å². The Morgan fingerprint density at radius 1 is 1.35 bits per heavy atom. The van der Waals surface area contributed by atoms with Crippen LogP contribution >= 0.6 is 0 Å². The molecular formula is C15H20O2. The van der Waals surface area contributed by atoms with Gasteiger partial charge in [-0.2, -0.15) is 0 Å². The van der Waals surface area contributed by atoms with Crippen LogP contribution < -0.4 is 4.74 Å². The topological polar surface area (TPSA) is 26.3 Å². The summed E-state index contributed by atoms with van der Waals surface area (Å²) >= 11 is 0. The van der Waals surface area contributed by atoms with Crippen LogP contribution in [0.5, 0.6) is 5.75 Å². The van der Waals surface area contributed by atoms with Crippen molar-refractivity contribution in [2.24, 2.45) is 5.41 Å². The maximum absolute atomic E-state index is 12.0. The quantitative estimate of drug-likeness (QED) is 0.779. The minimum absolute atomic E-state index is 0.0499. The molecule has 0 amide bonds. The van der Waals surface area contributed by atoms with E-state index in [1.807, 2.05) is 24.3 Å². The lowest BCUT2D eigenvalue weighted by atomic mass is 9.69. The van der Waals surface area contributed by atoms with Gasteiger partial charge in [-0.15, -0.1) is 0 Å². The van der Waals surface area contributed by atoms with E-state index in [0.717, 1.165) is 24.2 Å². The second-order valence-corrected chi connectivity index (χ2v) is 5.66. The first-order valence-electron chi connectivity index (χ1n) is 6.18. The Bertz CT molecular complexity index is 421. The number of carbonyl (C=O) groups excluding carboxylic acids is 1. The molecule has 2 rings (SSSR count). The summed E-state index contributed by atoms with van der Waals surface area (Å²) in [5.74, 6) is 1.25. The number of ketones is 1. The molecule has 1 unspecified atom stereocenters. The third-order valence-corrected chi connectivity index (χ3v) is 3.69. The predicted octanol–water partition coefficient (Wildman–Crippen LogP) is 3.56. The van der Waals surface area contributed by atoms with Gasteiger partial charge in [-0.1, -0.05) is 26.0 Å². The van der Waals surface area contributed by atoms with E-state index in [-0.39, 0.29) is 11.3 Å². The van der Waals surface area contributed by atoms with Gasteiger partial charge in [-0.05, 0) is 36.0 Å². The Balaban J connectivity index is 2.27. The normalized spacial score (nSPS) is 23.5. The fraction of sp³-hybridized carbons (Fsp3) is 0.533. The van der Waals surface area contributed by atoms with Crippen molar-refractivity contribution in [2.75, 3.05) is 7.11 Å². The average molecular weight is 232 g/mol. The van der Waals surface area contributed by atoms with Crippen LogP contribution in [0.2, 0.25) is 0 Å². The Hall–Kier alpha value is -1.31. The van der Waals surface area contributed by atoms with Crippen molar-refractivity contribution in [3.05, 3.63) is 29.8 Å². The summed E-state index contributed by atoms with van der Waals surface area (Å²) in [6.45, 7) is 4.49. The fourth-order valence-electron chi connectivity index (χ4n) is 2.57. The van der Waals surface area contributed by atoms with Gasteiger partial charge in [0.25, 0.3) is 0 Å². The molecule has 0 bridgehead atoms. The minimum atomic E-state index is 0.0499. The Labute approximate surface area is 103 Å². The standard InChI is InChI=1S/C15H20O2/c1-15(2)8-7-14(16)13(10-15)11-5-4-6-12(9-11)17-3/h4-6,9,13H,7-8,10H2,1-3H3. The summed E-state index contributed by atoms with van der Waals surface area (Å²) in [7, 11) is 1.66. The summed E-state index contributed by atoms with van der Waals surface area (Å²) < 4.78 is 5.22. The number of hydrogen-bond acceptors (Lipinski definition) is 2. The van der Waals surface area contributed by atoms with Crippen molar-refractivity contribution in [1.29, 1.82) is 0 Å². The van der Waals surface area contributed by atoms with Gasteiger partial charge < -0.3 is 4.74 Å². The molecule has 0 N–H and O–H groups in total. The second kappa shape index (κ2) is 4.52. The zero-order chi connectivity index (χ0) is 12.5. The molecule has 0 heterocycles. The van der Waals surface area contributed by atoms with E-state index >= 15 is 0 Å². The third-order valence-electron chi connectivity index (χ3n) is 3.69. The maximum atomic E-state index is 12.0. The molecule has 0 spiro atoms. The van der Waals surface area contributed by atoms with Gasteiger partial charge in [0.05, 0.1) is 7.11 Å². The second-order valence-electron chi connectivity index (χ2n) is 5.66. The van der Waals surface area contributed by atoms with E-state index in [2.05, 4.69) is 13.8 Å². The van der Waals surface area contributed by atoms with Crippen LogP contribution in [0.15, 0.2) is 24.3 Å². The lowest BCUT2D eigenvalue weighted by molar-refractivity contribution is -0.123. The molecule has 1 aliphatic carbocycles. The molecule has 1 aromatic carbocycles. The molecule has 1 aliphatic rings. The first kappa shape index (κ1) is 12.2. The largest absolute Gasteiger partial charge is 0.497 e. The Morgan fingerprint density at radius 3 is 2.82 bits per heavy atom. The van der Waals surface area contributed by atoms with Crippen molar-refractivity contribution >= 4 is 5.78 Å². The maximum Gasteiger partial charge on any atom is 0.140 e. The molecule has 1 atom stereocenters. The van der Waals surface area contributed by atoms with E-state index in [4.69, 9.17) is 4.74 Å². The SMILES string of the molecule is COc1cccc(C2CC(C)(C)CCC2=O)c1. The molecule has 0 saturated heterocycles.